The second-order valence-electron chi connectivity index (χ2n) is 6.12. The van der Waals surface area contributed by atoms with Crippen LogP contribution in [-0.2, 0) is 4.74 Å². The number of benzene rings is 1. The lowest BCUT2D eigenvalue weighted by Gasteiger charge is -2.34. The number of nitrogen functional groups attached to an aromatic ring is 1. The number of rotatable bonds is 5. The third-order valence-electron chi connectivity index (χ3n) is 4.60. The fraction of sp³-hybridized carbons (Fsp3) is 0.500. The standard InChI is InChI=1S/C18H25N5O5.ClH/c1-5-28-18(24)23-8-6-22(7-9-23)17-20-13-11(16(19)21-17)10-12(25-2)14(26-3)15(13)27-4;/h10H,5-9H2,1-4H3,(H2,19,20,21);1H. The number of aromatic nitrogens is 2. The lowest BCUT2D eigenvalue weighted by Crippen LogP contribution is -2.49. The summed E-state index contributed by atoms with van der Waals surface area (Å²) in [4.78, 5) is 24.6. The van der Waals surface area contributed by atoms with Crippen LogP contribution in [0.3, 0.4) is 0 Å². The minimum atomic E-state index is -0.306. The van der Waals surface area contributed by atoms with Gasteiger partial charge in [0.15, 0.2) is 11.5 Å². The SMILES string of the molecule is CCOC(=O)N1CCN(c2nc(N)c3cc(OC)c(OC)c(OC)c3n2)CC1.Cl. The predicted octanol–water partition coefficient (Wildman–Crippen LogP) is 1.94. The Kier molecular flexibility index (Phi) is 7.38. The molecule has 0 bridgehead atoms. The topological polar surface area (TPSA) is 112 Å². The number of methoxy groups -OCH3 is 3. The van der Waals surface area contributed by atoms with Crippen molar-refractivity contribution in [2.24, 2.45) is 0 Å². The van der Waals surface area contributed by atoms with Gasteiger partial charge in [-0.25, -0.2) is 9.78 Å². The van der Waals surface area contributed by atoms with E-state index in [9.17, 15) is 4.79 Å². The first-order valence-electron chi connectivity index (χ1n) is 8.96. The second kappa shape index (κ2) is 9.55. The number of carbonyl (C=O) groups is 1. The Balaban J connectivity index is 0.00000300. The molecule has 29 heavy (non-hydrogen) atoms. The summed E-state index contributed by atoms with van der Waals surface area (Å²) in [6.07, 6.45) is -0.306. The monoisotopic (exact) mass is 427 g/mol. The lowest BCUT2D eigenvalue weighted by atomic mass is 10.2. The molecule has 11 heteroatoms. The molecule has 1 saturated heterocycles. The number of carbonyl (C=O) groups excluding carboxylic acids is 1. The fourth-order valence-electron chi connectivity index (χ4n) is 3.19. The molecule has 1 fully saturated rings. The number of halogens is 1. The van der Waals surface area contributed by atoms with Crippen LogP contribution >= 0.6 is 12.4 Å². The van der Waals surface area contributed by atoms with Gasteiger partial charge in [-0.2, -0.15) is 4.98 Å². The first kappa shape index (κ1) is 22.4. The van der Waals surface area contributed by atoms with E-state index in [1.54, 1.807) is 17.9 Å². The van der Waals surface area contributed by atoms with Gasteiger partial charge in [-0.05, 0) is 13.0 Å². The maximum absolute atomic E-state index is 11.9. The van der Waals surface area contributed by atoms with Gasteiger partial charge in [-0.15, -0.1) is 12.4 Å². The van der Waals surface area contributed by atoms with E-state index >= 15 is 0 Å². The van der Waals surface area contributed by atoms with Crippen LogP contribution in [0.5, 0.6) is 17.2 Å². The summed E-state index contributed by atoms with van der Waals surface area (Å²) < 4.78 is 21.4. The zero-order valence-corrected chi connectivity index (χ0v) is 17.7. The van der Waals surface area contributed by atoms with Gasteiger partial charge in [0, 0.05) is 26.2 Å². The van der Waals surface area contributed by atoms with Crippen LogP contribution in [0, 0.1) is 0 Å². The average molecular weight is 428 g/mol. The molecule has 0 aliphatic carbocycles. The summed E-state index contributed by atoms with van der Waals surface area (Å²) in [7, 11) is 4.61. The van der Waals surface area contributed by atoms with Crippen molar-refractivity contribution in [2.75, 3.05) is 64.7 Å². The molecule has 10 nitrogen and oxygen atoms in total. The normalized spacial score (nSPS) is 13.7. The summed E-state index contributed by atoms with van der Waals surface area (Å²) in [5.74, 6) is 2.13. The van der Waals surface area contributed by atoms with Crippen molar-refractivity contribution < 1.29 is 23.7 Å². The molecular weight excluding hydrogens is 402 g/mol. The number of amides is 1. The lowest BCUT2D eigenvalue weighted by molar-refractivity contribution is 0.105. The summed E-state index contributed by atoms with van der Waals surface area (Å²) in [5.41, 5.74) is 6.74. The molecule has 0 atom stereocenters. The van der Waals surface area contributed by atoms with E-state index in [1.807, 2.05) is 4.90 Å². The summed E-state index contributed by atoms with van der Waals surface area (Å²) in [6.45, 7) is 4.32. The number of hydrogen-bond donors (Lipinski definition) is 1. The van der Waals surface area contributed by atoms with E-state index in [0.29, 0.717) is 72.7 Å². The zero-order valence-electron chi connectivity index (χ0n) is 16.9. The Labute approximate surface area is 175 Å². The van der Waals surface area contributed by atoms with E-state index in [1.165, 1.54) is 21.3 Å². The first-order chi connectivity index (χ1) is 13.5. The first-order valence-corrected chi connectivity index (χ1v) is 8.96. The highest BCUT2D eigenvalue weighted by molar-refractivity contribution is 5.97. The highest BCUT2D eigenvalue weighted by Gasteiger charge is 2.26. The van der Waals surface area contributed by atoms with Crippen molar-refractivity contribution in [3.05, 3.63) is 6.07 Å². The number of hydrogen-bond acceptors (Lipinski definition) is 9. The van der Waals surface area contributed by atoms with Gasteiger partial charge >= 0.3 is 6.09 Å². The molecule has 1 aromatic carbocycles. The third-order valence-corrected chi connectivity index (χ3v) is 4.60. The van der Waals surface area contributed by atoms with Crippen LogP contribution in [0.2, 0.25) is 0 Å². The fourth-order valence-corrected chi connectivity index (χ4v) is 3.19. The van der Waals surface area contributed by atoms with Gasteiger partial charge in [-0.3, -0.25) is 0 Å². The number of nitrogens with two attached hydrogens (primary N) is 1. The molecule has 160 valence electrons. The molecule has 1 aliphatic heterocycles. The van der Waals surface area contributed by atoms with Crippen molar-refractivity contribution >= 4 is 41.2 Å². The van der Waals surface area contributed by atoms with E-state index < -0.39 is 0 Å². The van der Waals surface area contributed by atoms with Gasteiger partial charge in [0.2, 0.25) is 11.7 Å². The molecule has 0 unspecified atom stereocenters. The van der Waals surface area contributed by atoms with Crippen molar-refractivity contribution in [1.29, 1.82) is 0 Å². The zero-order chi connectivity index (χ0) is 20.3. The van der Waals surface area contributed by atoms with Gasteiger partial charge < -0.3 is 34.5 Å². The predicted molar refractivity (Wildman–Crippen MR) is 112 cm³/mol. The molecule has 2 N–H and O–H groups in total. The Bertz CT molecular complexity index is 874. The number of anilines is 2. The molecule has 2 heterocycles. The van der Waals surface area contributed by atoms with Crippen LogP contribution in [0.25, 0.3) is 10.9 Å². The molecule has 3 rings (SSSR count). The van der Waals surface area contributed by atoms with E-state index in [4.69, 9.17) is 24.7 Å². The van der Waals surface area contributed by atoms with Crippen LogP contribution in [0.1, 0.15) is 6.92 Å². The largest absolute Gasteiger partial charge is 0.493 e. The highest BCUT2D eigenvalue weighted by atomic mass is 35.5. The molecular formula is C18H26ClN5O5. The molecule has 2 aromatic rings. The Hall–Kier alpha value is -2.88. The van der Waals surface area contributed by atoms with E-state index in [0.717, 1.165) is 0 Å². The number of nitrogens with zero attached hydrogens (tertiary/aromatic N) is 4. The average Bonchev–Trinajstić information content (AvgIpc) is 2.72. The van der Waals surface area contributed by atoms with Gasteiger partial charge in [0.05, 0.1) is 33.3 Å². The molecule has 1 aromatic heterocycles. The van der Waals surface area contributed by atoms with Crippen molar-refractivity contribution in [3.63, 3.8) is 0 Å². The maximum Gasteiger partial charge on any atom is 0.409 e. The molecule has 1 amide bonds. The maximum atomic E-state index is 11.9. The minimum absolute atomic E-state index is 0. The van der Waals surface area contributed by atoms with E-state index in [2.05, 4.69) is 9.97 Å². The van der Waals surface area contributed by atoms with Crippen LogP contribution < -0.4 is 24.8 Å². The third kappa shape index (κ3) is 4.26. The molecule has 0 spiro atoms. The van der Waals surface area contributed by atoms with Crippen molar-refractivity contribution in [2.45, 2.75) is 6.92 Å². The molecule has 0 radical (unpaired) electrons. The molecule has 1 aliphatic rings. The van der Waals surface area contributed by atoms with Crippen LogP contribution in [0.4, 0.5) is 16.6 Å². The molecule has 0 saturated carbocycles. The van der Waals surface area contributed by atoms with Crippen molar-refractivity contribution in [1.82, 2.24) is 14.9 Å². The second-order valence-corrected chi connectivity index (χ2v) is 6.12. The Morgan fingerprint density at radius 1 is 1.07 bits per heavy atom. The number of ether oxygens (including phenoxy) is 4. The highest BCUT2D eigenvalue weighted by Crippen LogP contribution is 2.44. The Morgan fingerprint density at radius 2 is 1.72 bits per heavy atom. The smallest absolute Gasteiger partial charge is 0.409 e. The summed E-state index contributed by atoms with van der Waals surface area (Å²) in [5, 5.41) is 0.614. The van der Waals surface area contributed by atoms with Gasteiger partial charge in [0.25, 0.3) is 0 Å². The quantitative estimate of drug-likeness (QED) is 0.764. The summed E-state index contributed by atoms with van der Waals surface area (Å²) >= 11 is 0. The Morgan fingerprint density at radius 3 is 2.28 bits per heavy atom. The summed E-state index contributed by atoms with van der Waals surface area (Å²) in [6, 6.07) is 1.73. The van der Waals surface area contributed by atoms with Gasteiger partial charge in [-0.1, -0.05) is 0 Å². The number of fused-ring (bicyclic) bond motifs is 1. The minimum Gasteiger partial charge on any atom is -0.493 e. The van der Waals surface area contributed by atoms with Crippen LogP contribution in [-0.4, -0.2) is 75.1 Å². The van der Waals surface area contributed by atoms with Gasteiger partial charge in [0.1, 0.15) is 11.3 Å². The van der Waals surface area contributed by atoms with E-state index in [-0.39, 0.29) is 18.5 Å². The number of piperazine rings is 1. The van der Waals surface area contributed by atoms with Crippen molar-refractivity contribution in [3.8, 4) is 17.2 Å². The van der Waals surface area contributed by atoms with Crippen LogP contribution in [0.15, 0.2) is 6.07 Å².